The lowest BCUT2D eigenvalue weighted by Crippen LogP contribution is -2.59. The SMILES string of the molecule is C=Cc1cc2cc([C@@H](C)OC(=O)[C@@H]3CCCN(C(=O)[C@H](C)NC(=O)[C@@H](CC(=O)[C@@H](/C=C/C)C(C)C)C(C)C)N3)ccc2cn1. The lowest BCUT2D eigenvalue weighted by molar-refractivity contribution is -0.157. The number of amides is 2. The summed E-state index contributed by atoms with van der Waals surface area (Å²) >= 11 is 0. The van der Waals surface area contributed by atoms with Crippen LogP contribution in [0.5, 0.6) is 0 Å². The maximum absolute atomic E-state index is 13.3. The third kappa shape index (κ3) is 8.85. The van der Waals surface area contributed by atoms with E-state index in [-0.39, 0.29) is 41.8 Å². The molecule has 5 atom stereocenters. The molecule has 1 aromatic heterocycles. The zero-order valence-electron chi connectivity index (χ0n) is 27.1. The Hall–Kier alpha value is -3.85. The van der Waals surface area contributed by atoms with E-state index < -0.39 is 30.1 Å². The number of aromatic nitrogens is 1. The van der Waals surface area contributed by atoms with Gasteiger partial charge in [-0.1, -0.05) is 58.6 Å². The van der Waals surface area contributed by atoms with Gasteiger partial charge in [0.25, 0.3) is 5.91 Å². The van der Waals surface area contributed by atoms with Crippen molar-refractivity contribution in [3.8, 4) is 0 Å². The van der Waals surface area contributed by atoms with Gasteiger partial charge in [-0.2, -0.15) is 0 Å². The monoisotopic (exact) mass is 604 g/mol. The number of ketones is 1. The molecule has 9 nitrogen and oxygen atoms in total. The van der Waals surface area contributed by atoms with Crippen molar-refractivity contribution < 1.29 is 23.9 Å². The zero-order chi connectivity index (χ0) is 32.6. The van der Waals surface area contributed by atoms with Crippen molar-refractivity contribution >= 4 is 40.4 Å². The van der Waals surface area contributed by atoms with Crippen molar-refractivity contribution in [2.45, 2.75) is 85.9 Å². The average molecular weight is 605 g/mol. The number of carbonyl (C=O) groups is 4. The molecule has 0 spiro atoms. The van der Waals surface area contributed by atoms with Crippen LogP contribution >= 0.6 is 0 Å². The maximum Gasteiger partial charge on any atom is 0.325 e. The number of benzene rings is 1. The van der Waals surface area contributed by atoms with Gasteiger partial charge < -0.3 is 10.1 Å². The molecule has 0 unspecified atom stereocenters. The highest BCUT2D eigenvalue weighted by Crippen LogP contribution is 2.25. The summed E-state index contributed by atoms with van der Waals surface area (Å²) in [5, 5.41) is 6.15. The van der Waals surface area contributed by atoms with Crippen molar-refractivity contribution in [3.63, 3.8) is 0 Å². The van der Waals surface area contributed by atoms with Gasteiger partial charge in [-0.15, -0.1) is 0 Å². The number of allylic oxidation sites excluding steroid dienone is 2. The minimum Gasteiger partial charge on any atom is -0.457 e. The van der Waals surface area contributed by atoms with Crippen LogP contribution in [0.25, 0.3) is 16.8 Å². The van der Waals surface area contributed by atoms with E-state index in [9.17, 15) is 19.2 Å². The zero-order valence-corrected chi connectivity index (χ0v) is 27.1. The fourth-order valence-electron chi connectivity index (χ4n) is 5.49. The first-order valence-electron chi connectivity index (χ1n) is 15.6. The summed E-state index contributed by atoms with van der Waals surface area (Å²) in [6.07, 6.45) is 7.94. The highest BCUT2D eigenvalue weighted by Gasteiger charge is 2.34. The highest BCUT2D eigenvalue weighted by molar-refractivity contribution is 5.92. The number of carbonyl (C=O) groups excluding carboxylic acids is 4. The van der Waals surface area contributed by atoms with Crippen molar-refractivity contribution in [2.24, 2.45) is 23.7 Å². The van der Waals surface area contributed by atoms with E-state index in [0.717, 1.165) is 22.0 Å². The Morgan fingerprint density at radius 1 is 1.09 bits per heavy atom. The second-order valence-corrected chi connectivity index (χ2v) is 12.4. The lowest BCUT2D eigenvalue weighted by atomic mass is 9.82. The molecular formula is C35H48N4O5. The predicted molar refractivity (Wildman–Crippen MR) is 173 cm³/mol. The third-order valence-corrected chi connectivity index (χ3v) is 8.26. The topological polar surface area (TPSA) is 118 Å². The highest BCUT2D eigenvalue weighted by atomic mass is 16.5. The Labute approximate surface area is 261 Å². The molecule has 2 heterocycles. The van der Waals surface area contributed by atoms with Crippen molar-refractivity contribution in [1.29, 1.82) is 0 Å². The second-order valence-electron chi connectivity index (χ2n) is 12.4. The number of hydrogen-bond acceptors (Lipinski definition) is 7. The maximum atomic E-state index is 13.3. The molecule has 1 fully saturated rings. The Morgan fingerprint density at radius 2 is 1.82 bits per heavy atom. The number of nitrogens with one attached hydrogen (secondary N) is 2. The number of pyridine rings is 1. The van der Waals surface area contributed by atoms with Crippen LogP contribution in [-0.2, 0) is 23.9 Å². The van der Waals surface area contributed by atoms with E-state index in [1.807, 2.05) is 78.0 Å². The van der Waals surface area contributed by atoms with Gasteiger partial charge in [0.2, 0.25) is 5.91 Å². The third-order valence-electron chi connectivity index (χ3n) is 8.26. The van der Waals surface area contributed by atoms with Crippen LogP contribution < -0.4 is 10.7 Å². The smallest absolute Gasteiger partial charge is 0.325 e. The summed E-state index contributed by atoms with van der Waals surface area (Å²) in [5.41, 5.74) is 4.62. The number of rotatable bonds is 13. The lowest BCUT2D eigenvalue weighted by Gasteiger charge is -2.35. The predicted octanol–water partition coefficient (Wildman–Crippen LogP) is 5.56. The van der Waals surface area contributed by atoms with Crippen molar-refractivity contribution in [2.75, 3.05) is 6.54 Å². The molecule has 1 aliphatic rings. The molecule has 0 bridgehead atoms. The summed E-state index contributed by atoms with van der Waals surface area (Å²) in [7, 11) is 0. The van der Waals surface area contributed by atoms with Crippen molar-refractivity contribution in [1.82, 2.24) is 20.7 Å². The molecule has 44 heavy (non-hydrogen) atoms. The van der Waals surface area contributed by atoms with Gasteiger partial charge in [0.1, 0.15) is 24.0 Å². The fourth-order valence-corrected chi connectivity index (χ4v) is 5.49. The molecule has 0 radical (unpaired) electrons. The van der Waals surface area contributed by atoms with Crippen LogP contribution in [0.4, 0.5) is 0 Å². The summed E-state index contributed by atoms with van der Waals surface area (Å²) in [5.74, 6) is -1.89. The minimum absolute atomic E-state index is 0.0152. The number of esters is 1. The van der Waals surface area contributed by atoms with Gasteiger partial charge in [-0.05, 0) is 74.6 Å². The summed E-state index contributed by atoms with van der Waals surface area (Å²) in [6, 6.07) is 6.21. The standard InChI is InChI=1S/C35H48N4O5/c1-9-12-29(21(3)4)32(40)19-30(22(5)6)33(41)37-23(7)34(42)39-16-11-13-31(38-39)35(43)44-24(8)25-14-15-26-20-36-28(10-2)18-27(26)17-25/h9-10,12,14-15,17-18,20-24,29-31,38H,2,11,13,16,19H2,1,3-8H3,(H,37,41)/b12-9+/t23-,24+,29-,30-,31-/m0/s1. The Bertz CT molecular complexity index is 1380. The summed E-state index contributed by atoms with van der Waals surface area (Å²) < 4.78 is 5.80. The van der Waals surface area contributed by atoms with E-state index in [4.69, 9.17) is 4.74 Å². The number of Topliss-reactive ketones (excluding diaryl/α,β-unsaturated/α-hetero) is 1. The van der Waals surface area contributed by atoms with Crippen molar-refractivity contribution in [3.05, 3.63) is 60.5 Å². The molecule has 1 saturated heterocycles. The minimum atomic E-state index is -0.843. The first-order chi connectivity index (χ1) is 20.9. The molecule has 2 amide bonds. The Balaban J connectivity index is 1.60. The molecule has 1 aliphatic heterocycles. The van der Waals surface area contributed by atoms with Crippen LogP contribution in [0.2, 0.25) is 0 Å². The van der Waals surface area contributed by atoms with Gasteiger partial charge in [0.05, 0.1) is 5.69 Å². The molecule has 0 aliphatic carbocycles. The molecular weight excluding hydrogens is 556 g/mol. The first kappa shape index (κ1) is 34.6. The number of ether oxygens (including phenoxy) is 1. The van der Waals surface area contributed by atoms with Gasteiger partial charge in [0, 0.05) is 36.4 Å². The average Bonchev–Trinajstić information content (AvgIpc) is 3.00. The molecule has 9 heteroatoms. The summed E-state index contributed by atoms with van der Waals surface area (Å²) in [6.45, 7) is 17.3. The number of nitrogens with zero attached hydrogens (tertiary/aromatic N) is 2. The molecule has 2 N–H and O–H groups in total. The quantitative estimate of drug-likeness (QED) is 0.227. The molecule has 1 aromatic carbocycles. The van der Waals surface area contributed by atoms with Gasteiger partial charge in [0.15, 0.2) is 0 Å². The van der Waals surface area contributed by atoms with Crippen LogP contribution in [-0.4, -0.2) is 52.2 Å². The Morgan fingerprint density at radius 3 is 2.45 bits per heavy atom. The summed E-state index contributed by atoms with van der Waals surface area (Å²) in [4.78, 5) is 57.1. The molecule has 238 valence electrons. The van der Waals surface area contributed by atoms with Gasteiger partial charge in [-0.3, -0.25) is 29.2 Å². The molecule has 3 rings (SSSR count). The largest absolute Gasteiger partial charge is 0.457 e. The molecule has 0 saturated carbocycles. The first-order valence-corrected chi connectivity index (χ1v) is 15.6. The normalized spacial score (nSPS) is 18.2. The number of fused-ring (bicyclic) bond motifs is 1. The van der Waals surface area contributed by atoms with Crippen LogP contribution in [0.3, 0.4) is 0 Å². The van der Waals surface area contributed by atoms with Gasteiger partial charge >= 0.3 is 5.97 Å². The van der Waals surface area contributed by atoms with E-state index in [1.54, 1.807) is 19.2 Å². The van der Waals surface area contributed by atoms with E-state index >= 15 is 0 Å². The van der Waals surface area contributed by atoms with E-state index in [2.05, 4.69) is 22.3 Å². The van der Waals surface area contributed by atoms with Crippen LogP contribution in [0, 0.1) is 23.7 Å². The number of hydrazine groups is 1. The Kier molecular flexibility index (Phi) is 12.4. The fraction of sp³-hybridized carbons (Fsp3) is 0.514. The van der Waals surface area contributed by atoms with Crippen LogP contribution in [0.15, 0.2) is 49.2 Å². The van der Waals surface area contributed by atoms with E-state index in [1.165, 1.54) is 5.01 Å². The second kappa shape index (κ2) is 15.7. The molecule has 2 aromatic rings. The number of hydrogen-bond donors (Lipinski definition) is 2. The van der Waals surface area contributed by atoms with Gasteiger partial charge in [-0.25, -0.2) is 5.43 Å². The van der Waals surface area contributed by atoms with Crippen LogP contribution in [0.1, 0.15) is 85.1 Å². The van der Waals surface area contributed by atoms with E-state index in [0.29, 0.717) is 19.4 Å².